The summed E-state index contributed by atoms with van der Waals surface area (Å²) in [6, 6.07) is 0. The molecule has 0 aromatic rings. The lowest BCUT2D eigenvalue weighted by Gasteiger charge is -1.96. The monoisotopic (exact) mass is 138 g/mol. The van der Waals surface area contributed by atoms with Crippen molar-refractivity contribution in [3.63, 3.8) is 0 Å². The normalized spacial score (nSPS) is 11.7. The molecule has 0 heteroatoms. The van der Waals surface area contributed by atoms with Gasteiger partial charge in [0, 0.05) is 0 Å². The zero-order valence-electron chi connectivity index (χ0n) is 7.41. The Morgan fingerprint density at radius 1 is 1.40 bits per heavy atom. The molecule has 0 fully saturated rings. The van der Waals surface area contributed by atoms with Crippen molar-refractivity contribution in [3.8, 4) is 0 Å². The topological polar surface area (TPSA) is 0 Å². The van der Waals surface area contributed by atoms with E-state index in [-0.39, 0.29) is 0 Å². The predicted octanol–water partition coefficient (Wildman–Crippen LogP) is 3.70. The molecule has 58 valence electrons. The Bertz CT molecular complexity index is 129. The minimum absolute atomic E-state index is 1.05. The molecular weight excluding hydrogens is 120 g/mol. The summed E-state index contributed by atoms with van der Waals surface area (Å²) in [7, 11) is 0. The second kappa shape index (κ2) is 5.28. The summed E-state index contributed by atoms with van der Waals surface area (Å²) in [6.45, 7) is 10.3. The summed E-state index contributed by atoms with van der Waals surface area (Å²) in [5.41, 5.74) is 2.74. The first kappa shape index (κ1) is 9.48. The maximum atomic E-state index is 3.84. The standard InChI is InChI=1S/C10H18/c1-5-6-10(4)8-7-9(2)3/h8H,2,5-7H2,1,3-4H3/b10-8+. The lowest BCUT2D eigenvalue weighted by molar-refractivity contribution is 0.897. The average molecular weight is 138 g/mol. The molecule has 0 saturated heterocycles. The lowest BCUT2D eigenvalue weighted by Crippen LogP contribution is -1.76. The van der Waals surface area contributed by atoms with E-state index in [1.54, 1.807) is 0 Å². The van der Waals surface area contributed by atoms with Gasteiger partial charge in [-0.3, -0.25) is 0 Å². The van der Waals surface area contributed by atoms with Gasteiger partial charge in [-0.15, -0.1) is 0 Å². The van der Waals surface area contributed by atoms with Crippen LogP contribution in [0.15, 0.2) is 23.8 Å². The van der Waals surface area contributed by atoms with Crippen molar-refractivity contribution < 1.29 is 0 Å². The highest BCUT2D eigenvalue weighted by atomic mass is 13.9. The van der Waals surface area contributed by atoms with Gasteiger partial charge >= 0.3 is 0 Å². The van der Waals surface area contributed by atoms with E-state index in [2.05, 4.69) is 33.4 Å². The van der Waals surface area contributed by atoms with Gasteiger partial charge in [-0.2, -0.15) is 0 Å². The Morgan fingerprint density at radius 3 is 2.40 bits per heavy atom. The third-order valence-corrected chi connectivity index (χ3v) is 1.44. The maximum Gasteiger partial charge on any atom is -0.0142 e. The van der Waals surface area contributed by atoms with Crippen molar-refractivity contribution in [1.29, 1.82) is 0 Å². The molecule has 0 aromatic carbocycles. The largest absolute Gasteiger partial charge is 0.0998 e. The van der Waals surface area contributed by atoms with E-state index < -0.39 is 0 Å². The van der Waals surface area contributed by atoms with E-state index >= 15 is 0 Å². The molecular formula is C10H18. The smallest absolute Gasteiger partial charge is 0.0142 e. The molecule has 0 unspecified atom stereocenters. The van der Waals surface area contributed by atoms with Crippen LogP contribution in [0.2, 0.25) is 0 Å². The maximum absolute atomic E-state index is 3.84. The van der Waals surface area contributed by atoms with Gasteiger partial charge in [0.05, 0.1) is 0 Å². The van der Waals surface area contributed by atoms with Crippen LogP contribution in [0.4, 0.5) is 0 Å². The van der Waals surface area contributed by atoms with Crippen LogP contribution >= 0.6 is 0 Å². The van der Waals surface area contributed by atoms with Crippen LogP contribution in [0, 0.1) is 0 Å². The van der Waals surface area contributed by atoms with Gasteiger partial charge in [0.1, 0.15) is 0 Å². The van der Waals surface area contributed by atoms with Gasteiger partial charge in [0.2, 0.25) is 0 Å². The highest BCUT2D eigenvalue weighted by Crippen LogP contribution is 2.06. The first-order valence-electron chi connectivity index (χ1n) is 3.96. The third kappa shape index (κ3) is 5.61. The van der Waals surface area contributed by atoms with E-state index in [0.717, 1.165) is 6.42 Å². The van der Waals surface area contributed by atoms with Gasteiger partial charge in [-0.25, -0.2) is 0 Å². The zero-order chi connectivity index (χ0) is 7.98. The molecule has 0 aromatic heterocycles. The number of allylic oxidation sites excluding steroid dienone is 3. The lowest BCUT2D eigenvalue weighted by atomic mass is 10.1. The van der Waals surface area contributed by atoms with E-state index in [1.165, 1.54) is 24.0 Å². The zero-order valence-corrected chi connectivity index (χ0v) is 7.41. The Hall–Kier alpha value is -0.520. The fourth-order valence-corrected chi connectivity index (χ4v) is 0.845. The van der Waals surface area contributed by atoms with Crippen molar-refractivity contribution in [1.82, 2.24) is 0 Å². The van der Waals surface area contributed by atoms with Crippen molar-refractivity contribution in [2.75, 3.05) is 0 Å². The van der Waals surface area contributed by atoms with Gasteiger partial charge < -0.3 is 0 Å². The summed E-state index contributed by atoms with van der Waals surface area (Å²) in [5.74, 6) is 0. The summed E-state index contributed by atoms with van der Waals surface area (Å²) < 4.78 is 0. The van der Waals surface area contributed by atoms with Crippen LogP contribution in [-0.4, -0.2) is 0 Å². The first-order chi connectivity index (χ1) is 4.66. The summed E-state index contributed by atoms with van der Waals surface area (Å²) in [6.07, 6.45) is 5.80. The predicted molar refractivity (Wildman–Crippen MR) is 48.1 cm³/mol. The van der Waals surface area contributed by atoms with Crippen LogP contribution in [0.3, 0.4) is 0 Å². The number of hydrogen-bond donors (Lipinski definition) is 0. The van der Waals surface area contributed by atoms with E-state index in [0.29, 0.717) is 0 Å². The first-order valence-corrected chi connectivity index (χ1v) is 3.96. The molecule has 0 heterocycles. The van der Waals surface area contributed by atoms with Gasteiger partial charge in [0.25, 0.3) is 0 Å². The Labute approximate surface area is 64.6 Å². The second-order valence-electron chi connectivity index (χ2n) is 2.96. The highest BCUT2D eigenvalue weighted by molar-refractivity contribution is 5.05. The van der Waals surface area contributed by atoms with Gasteiger partial charge in [-0.1, -0.05) is 37.1 Å². The van der Waals surface area contributed by atoms with Gasteiger partial charge in [0.15, 0.2) is 0 Å². The molecule has 0 N–H and O–H groups in total. The average Bonchev–Trinajstić information content (AvgIpc) is 1.85. The molecule has 0 saturated carbocycles. The second-order valence-corrected chi connectivity index (χ2v) is 2.96. The Kier molecular flexibility index (Phi) is 5.00. The highest BCUT2D eigenvalue weighted by Gasteiger charge is 1.86. The molecule has 0 nitrogen and oxygen atoms in total. The molecule has 0 aliphatic rings. The fraction of sp³-hybridized carbons (Fsp3) is 0.600. The molecule has 0 atom stereocenters. The summed E-state index contributed by atoms with van der Waals surface area (Å²) in [5, 5.41) is 0. The molecule has 0 spiro atoms. The van der Waals surface area contributed by atoms with Crippen LogP contribution in [-0.2, 0) is 0 Å². The van der Waals surface area contributed by atoms with Crippen LogP contribution < -0.4 is 0 Å². The molecule has 0 aliphatic carbocycles. The van der Waals surface area contributed by atoms with Crippen LogP contribution in [0.5, 0.6) is 0 Å². The van der Waals surface area contributed by atoms with Crippen molar-refractivity contribution in [3.05, 3.63) is 23.8 Å². The van der Waals surface area contributed by atoms with Crippen molar-refractivity contribution >= 4 is 0 Å². The van der Waals surface area contributed by atoms with E-state index in [4.69, 9.17) is 0 Å². The van der Waals surface area contributed by atoms with Crippen LogP contribution in [0.1, 0.15) is 40.0 Å². The molecule has 10 heavy (non-hydrogen) atoms. The molecule has 0 rings (SSSR count). The minimum Gasteiger partial charge on any atom is -0.0998 e. The van der Waals surface area contributed by atoms with Crippen molar-refractivity contribution in [2.24, 2.45) is 0 Å². The third-order valence-electron chi connectivity index (χ3n) is 1.44. The summed E-state index contributed by atoms with van der Waals surface area (Å²) in [4.78, 5) is 0. The quantitative estimate of drug-likeness (QED) is 0.520. The fourth-order valence-electron chi connectivity index (χ4n) is 0.845. The van der Waals surface area contributed by atoms with E-state index in [1.807, 2.05) is 0 Å². The minimum atomic E-state index is 1.05. The SMILES string of the molecule is C=C(C)C/C=C(\C)CCC. The molecule has 0 aliphatic heterocycles. The molecule has 0 amide bonds. The van der Waals surface area contributed by atoms with Crippen molar-refractivity contribution in [2.45, 2.75) is 40.0 Å². The molecule has 0 bridgehead atoms. The summed E-state index contributed by atoms with van der Waals surface area (Å²) >= 11 is 0. The Morgan fingerprint density at radius 2 is 2.00 bits per heavy atom. The number of rotatable bonds is 4. The van der Waals surface area contributed by atoms with Crippen LogP contribution in [0.25, 0.3) is 0 Å². The van der Waals surface area contributed by atoms with Gasteiger partial charge in [-0.05, 0) is 26.7 Å². The van der Waals surface area contributed by atoms with E-state index in [9.17, 15) is 0 Å². The molecule has 0 radical (unpaired) electrons. The number of hydrogen-bond acceptors (Lipinski definition) is 0. The Balaban J connectivity index is 3.57.